The minimum absolute atomic E-state index is 0.0289. The third-order valence-corrected chi connectivity index (χ3v) is 3.39. The number of hydrogen-bond acceptors (Lipinski definition) is 2. The first-order chi connectivity index (χ1) is 8.56. The van der Waals surface area contributed by atoms with Gasteiger partial charge in [-0.3, -0.25) is 9.59 Å². The first-order valence-electron chi connectivity index (χ1n) is 6.44. The van der Waals surface area contributed by atoms with Gasteiger partial charge in [0.25, 0.3) is 0 Å². The molecule has 18 heavy (non-hydrogen) atoms. The van der Waals surface area contributed by atoms with Crippen molar-refractivity contribution in [3.63, 3.8) is 0 Å². The molecule has 2 rings (SSSR count). The Kier molecular flexibility index (Phi) is 3.80. The lowest BCUT2D eigenvalue weighted by atomic mass is 10.0. The molecule has 3 nitrogen and oxygen atoms in total. The normalized spacial score (nSPS) is 15.8. The maximum atomic E-state index is 11.5. The fourth-order valence-corrected chi connectivity index (χ4v) is 2.17. The average Bonchev–Trinajstić information content (AvgIpc) is 2.66. The molecule has 1 fully saturated rings. The van der Waals surface area contributed by atoms with Crippen LogP contribution < -0.4 is 0 Å². The predicted octanol–water partition coefficient (Wildman–Crippen LogP) is 2.15. The van der Waals surface area contributed by atoms with Gasteiger partial charge in [0.2, 0.25) is 5.91 Å². The van der Waals surface area contributed by atoms with E-state index < -0.39 is 0 Å². The molecule has 96 valence electrons. The molecule has 1 aliphatic heterocycles. The number of carbonyl (C=O) groups excluding carboxylic acids is 2. The number of amides is 1. The van der Waals surface area contributed by atoms with Crippen molar-refractivity contribution >= 4 is 11.7 Å². The molecule has 1 amide bonds. The van der Waals surface area contributed by atoms with Gasteiger partial charge in [-0.15, -0.1) is 0 Å². The van der Waals surface area contributed by atoms with E-state index in [0.29, 0.717) is 19.0 Å². The molecule has 0 radical (unpaired) electrons. The second-order valence-electron chi connectivity index (χ2n) is 5.18. The van der Waals surface area contributed by atoms with Crippen molar-refractivity contribution < 1.29 is 9.59 Å². The smallest absolute Gasteiger partial charge is 0.230 e. The quantitative estimate of drug-likeness (QED) is 0.762. The van der Waals surface area contributed by atoms with Crippen LogP contribution >= 0.6 is 0 Å². The van der Waals surface area contributed by atoms with Gasteiger partial charge in [0.15, 0.2) is 5.78 Å². The Balaban J connectivity index is 1.90. The van der Waals surface area contributed by atoms with Gasteiger partial charge in [0.05, 0.1) is 13.0 Å². The van der Waals surface area contributed by atoms with Crippen molar-refractivity contribution in [2.24, 2.45) is 0 Å². The van der Waals surface area contributed by atoms with Gasteiger partial charge in [0, 0.05) is 6.54 Å². The fourth-order valence-electron chi connectivity index (χ4n) is 2.17. The van der Waals surface area contributed by atoms with Gasteiger partial charge in [-0.2, -0.15) is 0 Å². The number of likely N-dealkylation sites (tertiary alicyclic amines) is 1. The summed E-state index contributed by atoms with van der Waals surface area (Å²) in [7, 11) is 0. The lowest BCUT2D eigenvalue weighted by Gasteiger charge is -2.14. The van der Waals surface area contributed by atoms with Gasteiger partial charge in [0.1, 0.15) is 0 Å². The lowest BCUT2D eigenvalue weighted by Crippen LogP contribution is -2.27. The van der Waals surface area contributed by atoms with Crippen LogP contribution in [0.1, 0.15) is 37.3 Å². The molecule has 1 saturated heterocycles. The van der Waals surface area contributed by atoms with E-state index in [2.05, 4.69) is 38.1 Å². The minimum atomic E-state index is -0.0289. The SMILES string of the molecule is CC(C)c1ccc(CCN2CC(=O)CC2=O)cc1. The molecule has 3 heteroatoms. The van der Waals surface area contributed by atoms with Crippen LogP contribution in [-0.2, 0) is 16.0 Å². The van der Waals surface area contributed by atoms with Crippen LogP contribution in [0.25, 0.3) is 0 Å². The predicted molar refractivity (Wildman–Crippen MR) is 70.4 cm³/mol. The van der Waals surface area contributed by atoms with Gasteiger partial charge >= 0.3 is 0 Å². The molecule has 0 aliphatic carbocycles. The molecule has 0 atom stereocenters. The van der Waals surface area contributed by atoms with Crippen molar-refractivity contribution in [3.8, 4) is 0 Å². The first-order valence-corrected chi connectivity index (χ1v) is 6.44. The summed E-state index contributed by atoms with van der Waals surface area (Å²) in [5, 5.41) is 0. The fraction of sp³-hybridized carbons (Fsp3) is 0.467. The topological polar surface area (TPSA) is 37.4 Å². The van der Waals surface area contributed by atoms with E-state index in [1.807, 2.05) is 0 Å². The van der Waals surface area contributed by atoms with E-state index in [1.165, 1.54) is 11.1 Å². The monoisotopic (exact) mass is 245 g/mol. The highest BCUT2D eigenvalue weighted by Crippen LogP contribution is 2.15. The zero-order valence-corrected chi connectivity index (χ0v) is 11.0. The highest BCUT2D eigenvalue weighted by Gasteiger charge is 2.26. The number of Topliss-reactive ketones (excluding diaryl/α,β-unsaturated/α-hetero) is 1. The summed E-state index contributed by atoms with van der Waals surface area (Å²) in [5.41, 5.74) is 2.54. The van der Waals surface area contributed by atoms with Crippen LogP contribution in [0.2, 0.25) is 0 Å². The van der Waals surface area contributed by atoms with Crippen molar-refractivity contribution in [1.29, 1.82) is 0 Å². The lowest BCUT2D eigenvalue weighted by molar-refractivity contribution is -0.127. The highest BCUT2D eigenvalue weighted by atomic mass is 16.2. The van der Waals surface area contributed by atoms with E-state index in [0.717, 1.165) is 6.42 Å². The van der Waals surface area contributed by atoms with Crippen LogP contribution in [0, 0.1) is 0 Å². The second kappa shape index (κ2) is 5.34. The summed E-state index contributed by atoms with van der Waals surface area (Å²) < 4.78 is 0. The van der Waals surface area contributed by atoms with Crippen molar-refractivity contribution in [2.75, 3.05) is 13.1 Å². The second-order valence-corrected chi connectivity index (χ2v) is 5.18. The molecular formula is C15H19NO2. The maximum absolute atomic E-state index is 11.5. The Hall–Kier alpha value is -1.64. The molecule has 0 spiro atoms. The van der Waals surface area contributed by atoms with E-state index in [1.54, 1.807) is 4.90 Å². The summed E-state index contributed by atoms with van der Waals surface area (Å²) in [6, 6.07) is 8.49. The number of rotatable bonds is 4. The molecule has 1 aromatic rings. The summed E-state index contributed by atoms with van der Waals surface area (Å²) >= 11 is 0. The Morgan fingerprint density at radius 2 is 1.83 bits per heavy atom. The molecule has 1 aromatic carbocycles. The summed E-state index contributed by atoms with van der Waals surface area (Å²) in [5.74, 6) is 0.547. The molecular weight excluding hydrogens is 226 g/mol. The molecule has 0 N–H and O–H groups in total. The van der Waals surface area contributed by atoms with Crippen LogP contribution in [0.15, 0.2) is 24.3 Å². The summed E-state index contributed by atoms with van der Waals surface area (Å²) in [6.07, 6.45) is 0.906. The van der Waals surface area contributed by atoms with Crippen LogP contribution in [0.5, 0.6) is 0 Å². The largest absolute Gasteiger partial charge is 0.335 e. The zero-order valence-electron chi connectivity index (χ0n) is 11.0. The number of carbonyl (C=O) groups is 2. The van der Waals surface area contributed by atoms with Gasteiger partial charge in [-0.05, 0) is 23.5 Å². The van der Waals surface area contributed by atoms with Crippen LogP contribution in [0.4, 0.5) is 0 Å². The molecule has 0 unspecified atom stereocenters. The van der Waals surface area contributed by atoms with E-state index in [4.69, 9.17) is 0 Å². The molecule has 0 saturated carbocycles. The molecule has 0 aromatic heterocycles. The highest BCUT2D eigenvalue weighted by molar-refractivity contribution is 6.05. The third-order valence-electron chi connectivity index (χ3n) is 3.39. The number of nitrogens with zero attached hydrogens (tertiary/aromatic N) is 1. The Morgan fingerprint density at radius 3 is 2.33 bits per heavy atom. The molecule has 0 bridgehead atoms. The Bertz CT molecular complexity index is 448. The van der Waals surface area contributed by atoms with Gasteiger partial charge < -0.3 is 4.90 Å². The molecule has 1 heterocycles. The number of hydrogen-bond donors (Lipinski definition) is 0. The van der Waals surface area contributed by atoms with E-state index in [-0.39, 0.29) is 18.1 Å². The summed E-state index contributed by atoms with van der Waals surface area (Å²) in [4.78, 5) is 24.2. The molecule has 1 aliphatic rings. The van der Waals surface area contributed by atoms with Crippen molar-refractivity contribution in [2.45, 2.75) is 32.6 Å². The van der Waals surface area contributed by atoms with E-state index in [9.17, 15) is 9.59 Å². The zero-order chi connectivity index (χ0) is 13.1. The van der Waals surface area contributed by atoms with Gasteiger partial charge in [-0.1, -0.05) is 38.1 Å². The van der Waals surface area contributed by atoms with Crippen molar-refractivity contribution in [3.05, 3.63) is 35.4 Å². The Morgan fingerprint density at radius 1 is 1.17 bits per heavy atom. The average molecular weight is 245 g/mol. The van der Waals surface area contributed by atoms with Crippen molar-refractivity contribution in [1.82, 2.24) is 4.90 Å². The number of ketones is 1. The van der Waals surface area contributed by atoms with E-state index >= 15 is 0 Å². The standard InChI is InChI=1S/C15H19NO2/c1-11(2)13-5-3-12(4-6-13)7-8-16-10-14(17)9-15(16)18/h3-6,11H,7-10H2,1-2H3. The third kappa shape index (κ3) is 2.97. The number of benzene rings is 1. The van der Waals surface area contributed by atoms with Gasteiger partial charge in [-0.25, -0.2) is 0 Å². The maximum Gasteiger partial charge on any atom is 0.230 e. The van der Waals surface area contributed by atoms with Crippen LogP contribution in [0.3, 0.4) is 0 Å². The summed E-state index contributed by atoms with van der Waals surface area (Å²) in [6.45, 7) is 5.28. The Labute approximate surface area is 108 Å². The first kappa shape index (κ1) is 12.8. The minimum Gasteiger partial charge on any atom is -0.335 e. The van der Waals surface area contributed by atoms with Crippen LogP contribution in [-0.4, -0.2) is 29.7 Å².